The van der Waals surface area contributed by atoms with Gasteiger partial charge in [-0.3, -0.25) is 0 Å². The third-order valence-electron chi connectivity index (χ3n) is 3.23. The van der Waals surface area contributed by atoms with Crippen LogP contribution in [0.25, 0.3) is 0 Å². The van der Waals surface area contributed by atoms with Gasteiger partial charge in [-0.1, -0.05) is 31.2 Å². The molecule has 0 unspecified atom stereocenters. The van der Waals surface area contributed by atoms with E-state index in [1.807, 2.05) is 32.0 Å². The Labute approximate surface area is 127 Å². The molecule has 112 valence electrons. The first kappa shape index (κ1) is 15.2. The largest absolute Gasteiger partial charge is 0.491 e. The zero-order chi connectivity index (χ0) is 15.2. The normalized spacial score (nSPS) is 10.7. The van der Waals surface area contributed by atoms with Gasteiger partial charge in [0.15, 0.2) is 0 Å². The van der Waals surface area contributed by atoms with E-state index in [2.05, 4.69) is 36.5 Å². The molecule has 3 heteroatoms. The van der Waals surface area contributed by atoms with Crippen LogP contribution in [0.15, 0.2) is 42.5 Å². The van der Waals surface area contributed by atoms with Gasteiger partial charge in [-0.2, -0.15) is 0 Å². The highest BCUT2D eigenvalue weighted by atomic mass is 16.5. The van der Waals surface area contributed by atoms with E-state index in [1.165, 1.54) is 11.1 Å². The number of benzene rings is 2. The molecule has 0 aliphatic heterocycles. The molecule has 0 amide bonds. The van der Waals surface area contributed by atoms with Gasteiger partial charge in [0.25, 0.3) is 0 Å². The molecule has 0 spiro atoms. The van der Waals surface area contributed by atoms with Gasteiger partial charge in [-0.05, 0) is 37.5 Å². The van der Waals surface area contributed by atoms with E-state index in [1.54, 1.807) is 0 Å². The van der Waals surface area contributed by atoms with E-state index >= 15 is 0 Å². The van der Waals surface area contributed by atoms with Crippen LogP contribution < -0.4 is 15.8 Å². The number of rotatable bonds is 6. The van der Waals surface area contributed by atoms with Crippen molar-refractivity contribution in [1.29, 1.82) is 0 Å². The Morgan fingerprint density at radius 2 is 1.71 bits per heavy atom. The van der Waals surface area contributed by atoms with E-state index in [0.29, 0.717) is 5.69 Å². The van der Waals surface area contributed by atoms with Crippen LogP contribution in [0.1, 0.15) is 31.9 Å². The number of hydrogen-bond donors (Lipinski definition) is 2. The molecule has 0 saturated carbocycles. The van der Waals surface area contributed by atoms with Crippen LogP contribution in [-0.2, 0) is 13.0 Å². The molecule has 0 bridgehead atoms. The maximum absolute atomic E-state index is 5.92. The van der Waals surface area contributed by atoms with Gasteiger partial charge in [0.2, 0.25) is 0 Å². The lowest BCUT2D eigenvalue weighted by Gasteiger charge is -2.13. The summed E-state index contributed by atoms with van der Waals surface area (Å²) in [5.74, 6) is 0.800. The minimum atomic E-state index is 0.140. The fourth-order valence-electron chi connectivity index (χ4n) is 2.16. The standard InChI is InChI=1S/C18H24N2O/c1-4-14-5-7-15(8-6-14)12-20-17-9-16(19)10-18(11-17)21-13(2)3/h5-11,13,20H,4,12,19H2,1-3H3. The molecule has 0 aromatic heterocycles. The number of nitrogen functional groups attached to an aromatic ring is 1. The minimum absolute atomic E-state index is 0.140. The number of ether oxygens (including phenoxy) is 1. The summed E-state index contributed by atoms with van der Waals surface area (Å²) in [5, 5.41) is 3.39. The first-order chi connectivity index (χ1) is 10.1. The second-order valence-electron chi connectivity index (χ2n) is 5.48. The average molecular weight is 284 g/mol. The second kappa shape index (κ2) is 7.02. The minimum Gasteiger partial charge on any atom is -0.491 e. The van der Waals surface area contributed by atoms with Crippen LogP contribution in [0.3, 0.4) is 0 Å². The highest BCUT2D eigenvalue weighted by Crippen LogP contribution is 2.24. The molecular formula is C18H24N2O. The molecule has 0 fully saturated rings. The average Bonchev–Trinajstić information content (AvgIpc) is 2.44. The number of nitrogens with two attached hydrogens (primary N) is 1. The molecule has 2 rings (SSSR count). The van der Waals surface area contributed by atoms with Crippen LogP contribution in [0.5, 0.6) is 5.75 Å². The summed E-state index contributed by atoms with van der Waals surface area (Å²) in [6.45, 7) is 6.95. The molecule has 0 atom stereocenters. The zero-order valence-electron chi connectivity index (χ0n) is 13.0. The Bertz CT molecular complexity index is 576. The summed E-state index contributed by atoms with van der Waals surface area (Å²) in [6.07, 6.45) is 1.21. The Kier molecular flexibility index (Phi) is 5.09. The monoisotopic (exact) mass is 284 g/mol. The Balaban J connectivity index is 2.03. The predicted octanol–water partition coefficient (Wildman–Crippen LogP) is 4.23. The van der Waals surface area contributed by atoms with E-state index in [0.717, 1.165) is 24.4 Å². The van der Waals surface area contributed by atoms with Gasteiger partial charge in [-0.25, -0.2) is 0 Å². The third-order valence-corrected chi connectivity index (χ3v) is 3.23. The highest BCUT2D eigenvalue weighted by molar-refractivity contribution is 5.59. The lowest BCUT2D eigenvalue weighted by molar-refractivity contribution is 0.242. The molecule has 0 heterocycles. The van der Waals surface area contributed by atoms with Gasteiger partial charge < -0.3 is 15.8 Å². The first-order valence-electron chi connectivity index (χ1n) is 7.45. The van der Waals surface area contributed by atoms with Crippen molar-refractivity contribution in [1.82, 2.24) is 0 Å². The third kappa shape index (κ3) is 4.71. The summed E-state index contributed by atoms with van der Waals surface area (Å²) in [5.41, 5.74) is 10.2. The van der Waals surface area contributed by atoms with E-state index in [-0.39, 0.29) is 6.10 Å². The molecule has 21 heavy (non-hydrogen) atoms. The fraction of sp³-hybridized carbons (Fsp3) is 0.333. The molecule has 0 saturated heterocycles. The SMILES string of the molecule is CCc1ccc(CNc2cc(N)cc(OC(C)C)c2)cc1. The molecule has 3 N–H and O–H groups in total. The lowest BCUT2D eigenvalue weighted by atomic mass is 10.1. The van der Waals surface area contributed by atoms with Crippen LogP contribution >= 0.6 is 0 Å². The van der Waals surface area contributed by atoms with Crippen LogP contribution in [0.4, 0.5) is 11.4 Å². The lowest BCUT2D eigenvalue weighted by Crippen LogP contribution is -2.07. The van der Waals surface area contributed by atoms with Gasteiger partial charge in [0.1, 0.15) is 5.75 Å². The van der Waals surface area contributed by atoms with Gasteiger partial charge >= 0.3 is 0 Å². The van der Waals surface area contributed by atoms with Crippen molar-refractivity contribution < 1.29 is 4.74 Å². The highest BCUT2D eigenvalue weighted by Gasteiger charge is 2.02. The molecule has 2 aromatic carbocycles. The van der Waals surface area contributed by atoms with Crippen LogP contribution in [-0.4, -0.2) is 6.10 Å². The number of nitrogens with one attached hydrogen (secondary N) is 1. The van der Waals surface area contributed by atoms with Crippen molar-refractivity contribution in [3.8, 4) is 5.75 Å². The maximum atomic E-state index is 5.92. The van der Waals surface area contributed by atoms with Crippen molar-refractivity contribution in [2.45, 2.75) is 39.8 Å². The van der Waals surface area contributed by atoms with Gasteiger partial charge in [-0.15, -0.1) is 0 Å². The number of anilines is 2. The van der Waals surface area contributed by atoms with Gasteiger partial charge in [0, 0.05) is 30.1 Å². The van der Waals surface area contributed by atoms with Crippen LogP contribution in [0.2, 0.25) is 0 Å². The zero-order valence-corrected chi connectivity index (χ0v) is 13.0. The summed E-state index contributed by atoms with van der Waals surface area (Å²) < 4.78 is 5.70. The van der Waals surface area contributed by atoms with Crippen molar-refractivity contribution >= 4 is 11.4 Å². The number of hydrogen-bond acceptors (Lipinski definition) is 3. The van der Waals surface area contributed by atoms with Crippen molar-refractivity contribution in [2.24, 2.45) is 0 Å². The second-order valence-corrected chi connectivity index (χ2v) is 5.48. The molecular weight excluding hydrogens is 260 g/mol. The molecule has 0 aliphatic rings. The summed E-state index contributed by atoms with van der Waals surface area (Å²) >= 11 is 0. The summed E-state index contributed by atoms with van der Waals surface area (Å²) in [4.78, 5) is 0. The predicted molar refractivity (Wildman–Crippen MR) is 89.8 cm³/mol. The molecule has 3 nitrogen and oxygen atoms in total. The van der Waals surface area contributed by atoms with Crippen molar-refractivity contribution in [2.75, 3.05) is 11.1 Å². The molecule has 2 aromatic rings. The smallest absolute Gasteiger partial charge is 0.123 e. The van der Waals surface area contributed by atoms with Gasteiger partial charge in [0.05, 0.1) is 6.10 Å². The summed E-state index contributed by atoms with van der Waals surface area (Å²) in [6, 6.07) is 14.4. The van der Waals surface area contributed by atoms with E-state index in [9.17, 15) is 0 Å². The first-order valence-corrected chi connectivity index (χ1v) is 7.45. The summed E-state index contributed by atoms with van der Waals surface area (Å²) in [7, 11) is 0. The van der Waals surface area contributed by atoms with E-state index < -0.39 is 0 Å². The Morgan fingerprint density at radius 3 is 2.33 bits per heavy atom. The van der Waals surface area contributed by atoms with Crippen molar-refractivity contribution in [3.63, 3.8) is 0 Å². The quantitative estimate of drug-likeness (QED) is 0.780. The fourth-order valence-corrected chi connectivity index (χ4v) is 2.16. The Hall–Kier alpha value is -2.16. The number of aryl methyl sites for hydroxylation is 1. The maximum Gasteiger partial charge on any atom is 0.123 e. The molecule has 0 aliphatic carbocycles. The Morgan fingerprint density at radius 1 is 1.05 bits per heavy atom. The van der Waals surface area contributed by atoms with Crippen LogP contribution in [0, 0.1) is 0 Å². The topological polar surface area (TPSA) is 47.3 Å². The molecule has 0 radical (unpaired) electrons. The van der Waals surface area contributed by atoms with E-state index in [4.69, 9.17) is 10.5 Å². The van der Waals surface area contributed by atoms with Crippen molar-refractivity contribution in [3.05, 3.63) is 53.6 Å².